The summed E-state index contributed by atoms with van der Waals surface area (Å²) in [6, 6.07) is 2.78. The molecule has 0 fully saturated rings. The highest BCUT2D eigenvalue weighted by Gasteiger charge is 2.34. The van der Waals surface area contributed by atoms with Crippen LogP contribution in [0.15, 0.2) is 18.2 Å². The quantitative estimate of drug-likeness (QED) is 0.779. The van der Waals surface area contributed by atoms with E-state index in [2.05, 4.69) is 10.6 Å². The number of benzene rings is 1. The molecule has 2 atom stereocenters. The predicted molar refractivity (Wildman–Crippen MR) is 67.7 cm³/mol. The van der Waals surface area contributed by atoms with Crippen molar-refractivity contribution >= 4 is 11.8 Å². The van der Waals surface area contributed by atoms with Gasteiger partial charge in [-0.15, -0.1) is 0 Å². The maximum Gasteiger partial charge on any atom is 0.416 e. The molecule has 0 aliphatic carbocycles. The van der Waals surface area contributed by atoms with Gasteiger partial charge in [0.1, 0.15) is 0 Å². The molecule has 1 aromatic rings. The second kappa shape index (κ2) is 5.22. The lowest BCUT2D eigenvalue weighted by Crippen LogP contribution is -2.36. The Hall–Kier alpha value is -1.92. The van der Waals surface area contributed by atoms with Crippen molar-refractivity contribution in [3.8, 4) is 0 Å². The van der Waals surface area contributed by atoms with E-state index >= 15 is 0 Å². The Morgan fingerprint density at radius 3 is 2.75 bits per heavy atom. The normalized spacial score (nSPS) is 21.8. The van der Waals surface area contributed by atoms with E-state index < -0.39 is 23.9 Å². The first-order chi connectivity index (χ1) is 9.31. The Morgan fingerprint density at radius 2 is 2.20 bits per heavy atom. The number of anilines is 1. The first-order valence-electron chi connectivity index (χ1n) is 6.28. The summed E-state index contributed by atoms with van der Waals surface area (Å²) in [5.41, 5.74) is 0.118. The van der Waals surface area contributed by atoms with Crippen molar-refractivity contribution in [1.82, 2.24) is 5.32 Å². The molecule has 20 heavy (non-hydrogen) atoms. The average molecular weight is 288 g/mol. The van der Waals surface area contributed by atoms with Gasteiger partial charge in [0.2, 0.25) is 0 Å². The van der Waals surface area contributed by atoms with Crippen LogP contribution in [-0.4, -0.2) is 17.2 Å². The third kappa shape index (κ3) is 2.97. The third-order valence-electron chi connectivity index (χ3n) is 3.42. The van der Waals surface area contributed by atoms with Gasteiger partial charge >= 0.3 is 12.3 Å². The van der Waals surface area contributed by atoms with E-state index in [-0.39, 0.29) is 6.04 Å². The molecule has 1 amide bonds. The third-order valence-corrected chi connectivity index (χ3v) is 3.42. The van der Waals surface area contributed by atoms with Gasteiger partial charge in [-0.1, -0.05) is 6.92 Å². The first-order valence-corrected chi connectivity index (χ1v) is 6.28. The highest BCUT2D eigenvalue weighted by Crippen LogP contribution is 2.38. The number of hydrogen-bond donors (Lipinski definition) is 3. The van der Waals surface area contributed by atoms with Crippen molar-refractivity contribution < 1.29 is 23.1 Å². The molecule has 110 valence electrons. The van der Waals surface area contributed by atoms with E-state index in [0.717, 1.165) is 18.6 Å². The van der Waals surface area contributed by atoms with Gasteiger partial charge in [-0.3, -0.25) is 0 Å². The molecule has 1 aliphatic rings. The Morgan fingerprint density at radius 1 is 1.50 bits per heavy atom. The molecule has 3 N–H and O–H groups in total. The van der Waals surface area contributed by atoms with E-state index in [1.807, 2.05) is 6.92 Å². The van der Waals surface area contributed by atoms with Gasteiger partial charge in [0.25, 0.3) is 0 Å². The SMILES string of the molecule is CC[C@H]1C[C@@H](NC(=O)O)c2cc(C(F)(F)F)ccc2N1. The van der Waals surface area contributed by atoms with Crippen molar-refractivity contribution in [2.24, 2.45) is 0 Å². The Bertz CT molecular complexity index is 517. The van der Waals surface area contributed by atoms with Crippen LogP contribution < -0.4 is 10.6 Å². The van der Waals surface area contributed by atoms with Crippen molar-refractivity contribution in [2.45, 2.75) is 38.0 Å². The standard InChI is InChI=1S/C13H15F3N2O2/c1-2-8-6-11(18-12(19)20)9-5-7(13(14,15)16)3-4-10(9)17-8/h3-5,8,11,17-18H,2,6H2,1H3,(H,19,20)/t8-,11+/m0/s1. The molecule has 0 radical (unpaired) electrons. The highest BCUT2D eigenvalue weighted by atomic mass is 19.4. The summed E-state index contributed by atoms with van der Waals surface area (Å²) < 4.78 is 38.2. The van der Waals surface area contributed by atoms with Crippen molar-refractivity contribution in [2.75, 3.05) is 5.32 Å². The fraction of sp³-hybridized carbons (Fsp3) is 0.462. The lowest BCUT2D eigenvalue weighted by Gasteiger charge is -2.33. The van der Waals surface area contributed by atoms with Gasteiger partial charge in [-0.25, -0.2) is 4.79 Å². The average Bonchev–Trinajstić information content (AvgIpc) is 2.36. The molecule has 7 heteroatoms. The largest absolute Gasteiger partial charge is 0.465 e. The highest BCUT2D eigenvalue weighted by molar-refractivity contribution is 5.67. The number of hydrogen-bond acceptors (Lipinski definition) is 2. The maximum absolute atomic E-state index is 12.7. The minimum absolute atomic E-state index is 0.0380. The number of fused-ring (bicyclic) bond motifs is 1. The smallest absolute Gasteiger partial charge is 0.416 e. The van der Waals surface area contributed by atoms with Crippen LogP contribution in [0.3, 0.4) is 0 Å². The fourth-order valence-corrected chi connectivity index (χ4v) is 2.40. The van der Waals surface area contributed by atoms with Gasteiger partial charge in [0, 0.05) is 11.7 Å². The first kappa shape index (κ1) is 14.5. The van der Waals surface area contributed by atoms with E-state index in [1.54, 1.807) is 0 Å². The predicted octanol–water partition coefficient (Wildman–Crippen LogP) is 3.61. The summed E-state index contributed by atoms with van der Waals surface area (Å²) >= 11 is 0. The second-order valence-electron chi connectivity index (χ2n) is 4.79. The van der Waals surface area contributed by atoms with Crippen molar-refractivity contribution in [3.63, 3.8) is 0 Å². The summed E-state index contributed by atoms with van der Waals surface area (Å²) in [6.07, 6.45) is -4.49. The number of rotatable bonds is 2. The summed E-state index contributed by atoms with van der Waals surface area (Å²) in [5, 5.41) is 14.2. The number of halogens is 3. The van der Waals surface area contributed by atoms with E-state index in [1.165, 1.54) is 6.07 Å². The molecule has 0 saturated carbocycles. The lowest BCUT2D eigenvalue weighted by molar-refractivity contribution is -0.137. The van der Waals surface area contributed by atoms with Crippen LogP contribution in [0.25, 0.3) is 0 Å². The van der Waals surface area contributed by atoms with Crippen molar-refractivity contribution in [1.29, 1.82) is 0 Å². The minimum atomic E-state index is -4.44. The van der Waals surface area contributed by atoms with Crippen LogP contribution in [0, 0.1) is 0 Å². The Balaban J connectivity index is 2.40. The van der Waals surface area contributed by atoms with Gasteiger partial charge in [-0.05, 0) is 36.6 Å². The topological polar surface area (TPSA) is 61.4 Å². The zero-order valence-electron chi connectivity index (χ0n) is 10.8. The van der Waals surface area contributed by atoms with Crippen LogP contribution in [0.4, 0.5) is 23.7 Å². The van der Waals surface area contributed by atoms with Gasteiger partial charge in [0.05, 0.1) is 11.6 Å². The Labute approximate surface area is 114 Å². The monoisotopic (exact) mass is 288 g/mol. The molecular weight excluding hydrogens is 273 g/mol. The molecule has 2 rings (SSSR count). The molecule has 0 unspecified atom stereocenters. The summed E-state index contributed by atoms with van der Waals surface area (Å²) in [5.74, 6) is 0. The van der Waals surface area contributed by atoms with Crippen molar-refractivity contribution in [3.05, 3.63) is 29.3 Å². The molecule has 0 bridgehead atoms. The fourth-order valence-electron chi connectivity index (χ4n) is 2.40. The zero-order valence-corrected chi connectivity index (χ0v) is 10.8. The number of amides is 1. The van der Waals surface area contributed by atoms with Crippen LogP contribution >= 0.6 is 0 Å². The number of nitrogens with one attached hydrogen (secondary N) is 2. The molecular formula is C13H15F3N2O2. The maximum atomic E-state index is 12.7. The van der Waals surface area contributed by atoms with Gasteiger partial charge in [0.15, 0.2) is 0 Å². The van der Waals surface area contributed by atoms with Crippen LogP contribution in [0.1, 0.15) is 36.9 Å². The van der Waals surface area contributed by atoms with Crippen LogP contribution in [0.5, 0.6) is 0 Å². The number of carbonyl (C=O) groups is 1. The van der Waals surface area contributed by atoms with E-state index in [4.69, 9.17) is 5.11 Å². The van der Waals surface area contributed by atoms with E-state index in [0.29, 0.717) is 17.7 Å². The molecule has 1 aliphatic heterocycles. The molecule has 1 heterocycles. The van der Waals surface area contributed by atoms with Crippen LogP contribution in [0.2, 0.25) is 0 Å². The van der Waals surface area contributed by atoms with Gasteiger partial charge < -0.3 is 15.7 Å². The summed E-state index contributed by atoms with van der Waals surface area (Å²) in [6.45, 7) is 1.94. The minimum Gasteiger partial charge on any atom is -0.465 e. The van der Waals surface area contributed by atoms with E-state index in [9.17, 15) is 18.0 Å². The molecule has 0 saturated heterocycles. The lowest BCUT2D eigenvalue weighted by atomic mass is 9.90. The molecule has 0 aromatic heterocycles. The summed E-state index contributed by atoms with van der Waals surface area (Å²) in [4.78, 5) is 10.8. The summed E-state index contributed by atoms with van der Waals surface area (Å²) in [7, 11) is 0. The second-order valence-corrected chi connectivity index (χ2v) is 4.79. The van der Waals surface area contributed by atoms with Gasteiger partial charge in [-0.2, -0.15) is 13.2 Å². The molecule has 4 nitrogen and oxygen atoms in total. The molecule has 1 aromatic carbocycles. The number of alkyl halides is 3. The number of carboxylic acid groups (broad SMARTS) is 1. The Kier molecular flexibility index (Phi) is 3.78. The molecule has 0 spiro atoms. The zero-order chi connectivity index (χ0) is 14.9. The van der Waals surface area contributed by atoms with Crippen LogP contribution in [-0.2, 0) is 6.18 Å².